The molecule has 0 bridgehead atoms. The third-order valence-electron chi connectivity index (χ3n) is 6.24. The maximum Gasteiger partial charge on any atom is 0.118 e. The molecule has 1 fully saturated rings. The Balaban J connectivity index is 1.76. The fraction of sp³-hybridized carbons (Fsp3) is 0.333. The van der Waals surface area contributed by atoms with Crippen molar-refractivity contribution < 1.29 is 9.84 Å². The quantitative estimate of drug-likeness (QED) is 0.397. The van der Waals surface area contributed by atoms with Gasteiger partial charge in [0, 0.05) is 22.1 Å². The molecule has 0 radical (unpaired) electrons. The number of nitrogens with zero attached hydrogens (tertiary/aromatic N) is 2. The van der Waals surface area contributed by atoms with Crippen LogP contribution in [-0.4, -0.2) is 40.1 Å². The SMILES string of the molecule is COc1ccc(-c2cc(-c3ccccc3)c(C#N)c(SCC3(O)CCCCC3SC)n2)cc1. The van der Waals surface area contributed by atoms with Crippen molar-refractivity contribution in [2.45, 2.75) is 41.6 Å². The minimum absolute atomic E-state index is 0.211. The summed E-state index contributed by atoms with van der Waals surface area (Å²) in [6, 6.07) is 22.1. The summed E-state index contributed by atoms with van der Waals surface area (Å²) in [4.78, 5) is 4.90. The molecule has 4 nitrogen and oxygen atoms in total. The lowest BCUT2D eigenvalue weighted by molar-refractivity contribution is 0.0340. The summed E-state index contributed by atoms with van der Waals surface area (Å²) in [7, 11) is 1.65. The summed E-state index contributed by atoms with van der Waals surface area (Å²) < 4.78 is 5.30. The van der Waals surface area contributed by atoms with E-state index in [9.17, 15) is 10.4 Å². The normalized spacial score (nSPS) is 20.2. The highest BCUT2D eigenvalue weighted by molar-refractivity contribution is 8.00. The monoisotopic (exact) mass is 476 g/mol. The van der Waals surface area contributed by atoms with Gasteiger partial charge in [0.1, 0.15) is 16.8 Å². The highest BCUT2D eigenvalue weighted by atomic mass is 32.2. The zero-order valence-corrected chi connectivity index (χ0v) is 20.6. The minimum atomic E-state index is -0.750. The number of hydrogen-bond donors (Lipinski definition) is 1. The van der Waals surface area contributed by atoms with Gasteiger partial charge in [0.15, 0.2) is 0 Å². The molecule has 2 aromatic carbocycles. The van der Waals surface area contributed by atoms with E-state index < -0.39 is 5.60 Å². The largest absolute Gasteiger partial charge is 0.497 e. The molecule has 1 N–H and O–H groups in total. The number of rotatable bonds is 7. The number of nitriles is 1. The number of hydrogen-bond acceptors (Lipinski definition) is 6. The Morgan fingerprint density at radius 3 is 2.55 bits per heavy atom. The molecule has 0 amide bonds. The molecular weight excluding hydrogens is 448 g/mol. The van der Waals surface area contributed by atoms with Crippen molar-refractivity contribution in [1.82, 2.24) is 4.98 Å². The Kier molecular flexibility index (Phi) is 7.64. The Hall–Kier alpha value is -2.46. The Morgan fingerprint density at radius 1 is 1.12 bits per heavy atom. The molecule has 1 aliphatic rings. The van der Waals surface area contributed by atoms with Crippen LogP contribution < -0.4 is 4.74 Å². The minimum Gasteiger partial charge on any atom is -0.497 e. The van der Waals surface area contributed by atoms with Gasteiger partial charge in [-0.2, -0.15) is 17.0 Å². The lowest BCUT2D eigenvalue weighted by Gasteiger charge is -2.38. The van der Waals surface area contributed by atoms with Crippen molar-refractivity contribution in [3.05, 3.63) is 66.2 Å². The molecule has 2 atom stereocenters. The maximum absolute atomic E-state index is 11.4. The molecule has 0 aliphatic heterocycles. The van der Waals surface area contributed by atoms with E-state index in [0.29, 0.717) is 16.3 Å². The van der Waals surface area contributed by atoms with Crippen LogP contribution in [0.25, 0.3) is 22.4 Å². The van der Waals surface area contributed by atoms with Crippen molar-refractivity contribution in [3.63, 3.8) is 0 Å². The number of aliphatic hydroxyl groups is 1. The molecule has 1 saturated carbocycles. The van der Waals surface area contributed by atoms with E-state index in [-0.39, 0.29) is 5.25 Å². The standard InChI is InChI=1S/C27H28N2O2S2/c1-31-21-13-11-20(12-14-21)24-16-22(19-8-4-3-5-9-19)23(17-28)26(29-24)33-18-27(30)15-7-6-10-25(27)32-2/h3-5,8-9,11-14,16,25,30H,6-7,10,15,18H2,1-2H3. The Bertz CT molecular complexity index is 1130. The fourth-order valence-electron chi connectivity index (χ4n) is 4.38. The number of thioether (sulfide) groups is 2. The van der Waals surface area contributed by atoms with Gasteiger partial charge in [-0.05, 0) is 55.0 Å². The predicted octanol–water partition coefficient (Wildman–Crippen LogP) is 6.42. The number of benzene rings is 2. The third-order valence-corrected chi connectivity index (χ3v) is 8.69. The van der Waals surface area contributed by atoms with Gasteiger partial charge in [-0.3, -0.25) is 0 Å². The van der Waals surface area contributed by atoms with Gasteiger partial charge in [-0.15, -0.1) is 11.8 Å². The van der Waals surface area contributed by atoms with Crippen LogP contribution in [-0.2, 0) is 0 Å². The van der Waals surface area contributed by atoms with E-state index in [1.165, 1.54) is 11.8 Å². The number of ether oxygens (including phenoxy) is 1. The van der Waals surface area contributed by atoms with Crippen molar-refractivity contribution in [2.75, 3.05) is 19.1 Å². The summed E-state index contributed by atoms with van der Waals surface area (Å²) in [5, 5.41) is 22.4. The van der Waals surface area contributed by atoms with Crippen LogP contribution >= 0.6 is 23.5 Å². The van der Waals surface area contributed by atoms with Gasteiger partial charge in [0.05, 0.1) is 24.0 Å². The molecule has 0 saturated heterocycles. The smallest absolute Gasteiger partial charge is 0.118 e. The highest BCUT2D eigenvalue weighted by Gasteiger charge is 2.38. The zero-order valence-electron chi connectivity index (χ0n) is 19.0. The van der Waals surface area contributed by atoms with Gasteiger partial charge >= 0.3 is 0 Å². The van der Waals surface area contributed by atoms with Crippen LogP contribution in [0.15, 0.2) is 65.7 Å². The van der Waals surface area contributed by atoms with Gasteiger partial charge in [0.2, 0.25) is 0 Å². The highest BCUT2D eigenvalue weighted by Crippen LogP contribution is 2.41. The first-order chi connectivity index (χ1) is 16.1. The van der Waals surface area contributed by atoms with Gasteiger partial charge < -0.3 is 9.84 Å². The first-order valence-electron chi connectivity index (χ1n) is 11.1. The lowest BCUT2D eigenvalue weighted by atomic mass is 9.86. The van der Waals surface area contributed by atoms with Crippen LogP contribution in [0.1, 0.15) is 31.2 Å². The first-order valence-corrected chi connectivity index (χ1v) is 13.4. The van der Waals surface area contributed by atoms with Crippen LogP contribution in [0.3, 0.4) is 0 Å². The topological polar surface area (TPSA) is 66.1 Å². The van der Waals surface area contributed by atoms with Crippen LogP contribution in [0.2, 0.25) is 0 Å². The first kappa shape index (κ1) is 23.7. The average molecular weight is 477 g/mol. The molecule has 6 heteroatoms. The zero-order chi connectivity index (χ0) is 23.3. The Labute approximate surface area is 204 Å². The van der Waals surface area contributed by atoms with E-state index in [0.717, 1.165) is 53.8 Å². The molecule has 0 spiro atoms. The van der Waals surface area contributed by atoms with Crippen molar-refractivity contribution in [3.8, 4) is 34.2 Å². The summed E-state index contributed by atoms with van der Waals surface area (Å²) in [6.07, 6.45) is 6.08. The molecule has 170 valence electrons. The second kappa shape index (κ2) is 10.6. The molecule has 1 heterocycles. The summed E-state index contributed by atoms with van der Waals surface area (Å²) in [6.45, 7) is 0. The lowest BCUT2D eigenvalue weighted by Crippen LogP contribution is -2.45. The average Bonchev–Trinajstić information content (AvgIpc) is 2.87. The van der Waals surface area contributed by atoms with E-state index in [4.69, 9.17) is 9.72 Å². The van der Waals surface area contributed by atoms with Crippen molar-refractivity contribution in [2.24, 2.45) is 0 Å². The number of pyridine rings is 1. The molecule has 1 aromatic heterocycles. The molecule has 2 unspecified atom stereocenters. The Morgan fingerprint density at radius 2 is 1.88 bits per heavy atom. The van der Waals surface area contributed by atoms with E-state index in [1.807, 2.05) is 60.7 Å². The van der Waals surface area contributed by atoms with Gasteiger partial charge in [-0.1, -0.05) is 43.2 Å². The second-order valence-corrected chi connectivity index (χ2v) is 10.3. The summed E-state index contributed by atoms with van der Waals surface area (Å²) in [5.41, 5.74) is 3.40. The predicted molar refractivity (Wildman–Crippen MR) is 138 cm³/mol. The van der Waals surface area contributed by atoms with Crippen molar-refractivity contribution >= 4 is 23.5 Å². The van der Waals surface area contributed by atoms with Gasteiger partial charge in [-0.25, -0.2) is 4.98 Å². The van der Waals surface area contributed by atoms with Crippen LogP contribution in [0, 0.1) is 11.3 Å². The molecular formula is C27H28N2O2S2. The number of aromatic nitrogens is 1. The van der Waals surface area contributed by atoms with E-state index in [2.05, 4.69) is 12.3 Å². The molecule has 4 rings (SSSR count). The summed E-state index contributed by atoms with van der Waals surface area (Å²) >= 11 is 3.24. The van der Waals surface area contributed by atoms with Gasteiger partial charge in [0.25, 0.3) is 0 Å². The van der Waals surface area contributed by atoms with Crippen molar-refractivity contribution in [1.29, 1.82) is 5.26 Å². The van der Waals surface area contributed by atoms with E-state index in [1.54, 1.807) is 18.9 Å². The second-order valence-electron chi connectivity index (χ2n) is 8.30. The fourth-order valence-corrected chi connectivity index (χ4v) is 6.72. The van der Waals surface area contributed by atoms with Crippen LogP contribution in [0.5, 0.6) is 5.75 Å². The molecule has 1 aliphatic carbocycles. The molecule has 33 heavy (non-hydrogen) atoms. The maximum atomic E-state index is 11.4. The summed E-state index contributed by atoms with van der Waals surface area (Å²) in [5.74, 6) is 1.31. The number of methoxy groups -OCH3 is 1. The van der Waals surface area contributed by atoms with Crippen LogP contribution in [0.4, 0.5) is 0 Å². The van der Waals surface area contributed by atoms with E-state index >= 15 is 0 Å². The third kappa shape index (κ3) is 5.22. The molecule has 3 aromatic rings.